The Hall–Kier alpha value is -3.48. The van der Waals surface area contributed by atoms with E-state index in [1.165, 1.54) is 35.7 Å². The monoisotopic (exact) mass is 543 g/mol. The number of aliphatic hydroxyl groups excluding tert-OH is 1. The number of benzene rings is 2. The van der Waals surface area contributed by atoms with E-state index in [2.05, 4.69) is 9.71 Å². The van der Waals surface area contributed by atoms with Crippen LogP contribution >= 0.6 is 11.3 Å². The number of anilines is 2. The number of carbonyl (C=O) groups is 1. The number of rotatable bonds is 7. The summed E-state index contributed by atoms with van der Waals surface area (Å²) in [6.45, 7) is 2.83. The number of hydrogen-bond donors (Lipinski definition) is 2. The Kier molecular flexibility index (Phi) is 6.88. The Labute approximate surface area is 217 Å². The molecule has 0 unspecified atom stereocenters. The molecule has 0 bridgehead atoms. The molecule has 9 nitrogen and oxygen atoms in total. The molecule has 194 valence electrons. The quantitative estimate of drug-likeness (QED) is 0.370. The first kappa shape index (κ1) is 25.2. The molecule has 0 aliphatic carbocycles. The SMILES string of the molecule is C[C@@H](C(=O)N1CCN(c2ccc(S(=O)(=O)Nc3nccs3)cc2)C[C@@H]1CO)n1ccc2c(F)cccc21. The maximum absolute atomic E-state index is 14.1. The molecule has 5 rings (SSSR count). The number of fused-ring (bicyclic) bond motifs is 1. The topological polar surface area (TPSA) is 108 Å². The predicted molar refractivity (Wildman–Crippen MR) is 141 cm³/mol. The minimum Gasteiger partial charge on any atom is -0.394 e. The van der Waals surface area contributed by atoms with Gasteiger partial charge >= 0.3 is 0 Å². The molecule has 1 saturated heterocycles. The molecule has 2 aromatic carbocycles. The van der Waals surface area contributed by atoms with Crippen molar-refractivity contribution < 1.29 is 22.7 Å². The lowest BCUT2D eigenvalue weighted by Crippen LogP contribution is -2.57. The van der Waals surface area contributed by atoms with Gasteiger partial charge in [0.2, 0.25) is 5.91 Å². The molecule has 3 heterocycles. The van der Waals surface area contributed by atoms with E-state index in [1.807, 2.05) is 4.90 Å². The number of amides is 1. The molecular weight excluding hydrogens is 517 g/mol. The van der Waals surface area contributed by atoms with Crippen LogP contribution in [0.4, 0.5) is 15.2 Å². The largest absolute Gasteiger partial charge is 0.394 e. The van der Waals surface area contributed by atoms with Crippen molar-refractivity contribution in [3.8, 4) is 0 Å². The molecule has 2 atom stereocenters. The van der Waals surface area contributed by atoms with Crippen LogP contribution in [0.5, 0.6) is 0 Å². The standard InChI is InChI=1S/C25H26FN5O4S2/c1-17(30-11-9-21-22(26)3-2-4-23(21)30)24(33)31-13-12-29(15-19(31)16-32)18-5-7-20(8-6-18)37(34,35)28-25-27-10-14-36-25/h2-11,14,17,19,32H,12-13,15-16H2,1H3,(H,27,28)/t17-,19+/m0/s1. The summed E-state index contributed by atoms with van der Waals surface area (Å²) in [5.74, 6) is -0.495. The number of nitrogens with zero attached hydrogens (tertiary/aromatic N) is 4. The maximum atomic E-state index is 14.1. The van der Waals surface area contributed by atoms with Crippen molar-refractivity contribution in [1.29, 1.82) is 0 Å². The predicted octanol–water partition coefficient (Wildman–Crippen LogP) is 3.31. The van der Waals surface area contributed by atoms with Crippen LogP contribution < -0.4 is 9.62 Å². The van der Waals surface area contributed by atoms with Gasteiger partial charge in [-0.2, -0.15) is 0 Å². The minimum absolute atomic E-state index is 0.114. The molecular formula is C25H26FN5O4S2. The van der Waals surface area contributed by atoms with Gasteiger partial charge in [-0.25, -0.2) is 17.8 Å². The molecule has 1 fully saturated rings. The van der Waals surface area contributed by atoms with Crippen molar-refractivity contribution >= 4 is 49.0 Å². The van der Waals surface area contributed by atoms with Crippen LogP contribution in [0.1, 0.15) is 13.0 Å². The zero-order chi connectivity index (χ0) is 26.2. The summed E-state index contributed by atoms with van der Waals surface area (Å²) in [4.78, 5) is 21.2. The summed E-state index contributed by atoms with van der Waals surface area (Å²) in [5, 5.41) is 12.5. The number of aliphatic hydroxyl groups is 1. The second-order valence-electron chi connectivity index (χ2n) is 8.82. The van der Waals surface area contributed by atoms with Crippen LogP contribution in [0.3, 0.4) is 0 Å². The molecule has 4 aromatic rings. The van der Waals surface area contributed by atoms with Crippen molar-refractivity contribution in [3.05, 3.63) is 72.1 Å². The zero-order valence-electron chi connectivity index (χ0n) is 20.0. The van der Waals surface area contributed by atoms with E-state index in [9.17, 15) is 22.7 Å². The average Bonchev–Trinajstić information content (AvgIpc) is 3.58. The average molecular weight is 544 g/mol. The number of halogens is 1. The first-order valence-electron chi connectivity index (χ1n) is 11.7. The van der Waals surface area contributed by atoms with Crippen molar-refractivity contribution in [2.24, 2.45) is 0 Å². The Bertz CT molecular complexity index is 1510. The molecule has 12 heteroatoms. The molecule has 2 aromatic heterocycles. The normalized spacial score (nSPS) is 17.2. The second kappa shape index (κ2) is 10.1. The van der Waals surface area contributed by atoms with E-state index < -0.39 is 22.1 Å². The number of aromatic nitrogens is 2. The summed E-state index contributed by atoms with van der Waals surface area (Å²) >= 11 is 1.19. The lowest BCUT2D eigenvalue weighted by atomic mass is 10.1. The number of carbonyl (C=O) groups excluding carboxylic acids is 1. The molecule has 1 amide bonds. The van der Waals surface area contributed by atoms with Gasteiger partial charge in [0.05, 0.1) is 23.1 Å². The number of thiazole rings is 1. The van der Waals surface area contributed by atoms with Crippen LogP contribution in [-0.2, 0) is 14.8 Å². The highest BCUT2D eigenvalue weighted by Crippen LogP contribution is 2.27. The van der Waals surface area contributed by atoms with E-state index >= 15 is 0 Å². The first-order valence-corrected chi connectivity index (χ1v) is 14.1. The summed E-state index contributed by atoms with van der Waals surface area (Å²) in [5.41, 5.74) is 1.43. The molecule has 0 saturated carbocycles. The van der Waals surface area contributed by atoms with Gasteiger partial charge in [0.1, 0.15) is 11.9 Å². The smallest absolute Gasteiger partial charge is 0.263 e. The van der Waals surface area contributed by atoms with E-state index in [0.29, 0.717) is 35.7 Å². The number of sulfonamides is 1. The van der Waals surface area contributed by atoms with Gasteiger partial charge in [0.15, 0.2) is 5.13 Å². The first-order chi connectivity index (χ1) is 17.8. The molecule has 0 radical (unpaired) electrons. The second-order valence-corrected chi connectivity index (χ2v) is 11.4. The highest BCUT2D eigenvalue weighted by atomic mass is 32.2. The van der Waals surface area contributed by atoms with Gasteiger partial charge in [0, 0.05) is 48.5 Å². The van der Waals surface area contributed by atoms with Crippen LogP contribution in [0.2, 0.25) is 0 Å². The molecule has 1 aliphatic rings. The summed E-state index contributed by atoms with van der Waals surface area (Å²) < 4.78 is 43.5. The zero-order valence-corrected chi connectivity index (χ0v) is 21.6. The third-order valence-corrected chi connectivity index (χ3v) is 8.80. The molecule has 2 N–H and O–H groups in total. The lowest BCUT2D eigenvalue weighted by molar-refractivity contribution is -0.138. The summed E-state index contributed by atoms with van der Waals surface area (Å²) in [6.07, 6.45) is 3.23. The fourth-order valence-electron chi connectivity index (χ4n) is 4.67. The number of hydrogen-bond acceptors (Lipinski definition) is 7. The summed E-state index contributed by atoms with van der Waals surface area (Å²) in [6, 6.07) is 11.9. The van der Waals surface area contributed by atoms with Crippen molar-refractivity contribution in [2.75, 3.05) is 35.9 Å². The van der Waals surface area contributed by atoms with Crippen LogP contribution in [0, 0.1) is 5.82 Å². The third-order valence-electron chi connectivity index (χ3n) is 6.63. The van der Waals surface area contributed by atoms with E-state index in [1.54, 1.807) is 58.3 Å². The number of nitrogens with one attached hydrogen (secondary N) is 1. The van der Waals surface area contributed by atoms with Crippen molar-refractivity contribution in [3.63, 3.8) is 0 Å². The number of piperazine rings is 1. The van der Waals surface area contributed by atoms with Crippen LogP contribution in [-0.4, -0.2) is 66.2 Å². The van der Waals surface area contributed by atoms with Gasteiger partial charge in [-0.05, 0) is 49.4 Å². The van der Waals surface area contributed by atoms with E-state index in [4.69, 9.17) is 0 Å². The van der Waals surface area contributed by atoms with Crippen molar-refractivity contribution in [1.82, 2.24) is 14.5 Å². The molecule has 0 spiro atoms. The van der Waals surface area contributed by atoms with Crippen LogP contribution in [0.15, 0.2) is 71.2 Å². The highest BCUT2D eigenvalue weighted by molar-refractivity contribution is 7.93. The minimum atomic E-state index is -3.75. The Morgan fingerprint density at radius 2 is 2.00 bits per heavy atom. The van der Waals surface area contributed by atoms with Gasteiger partial charge < -0.3 is 19.5 Å². The Morgan fingerprint density at radius 1 is 1.22 bits per heavy atom. The van der Waals surface area contributed by atoms with E-state index in [0.717, 1.165) is 5.69 Å². The third kappa shape index (κ3) is 4.91. The van der Waals surface area contributed by atoms with Crippen molar-refractivity contribution in [2.45, 2.75) is 23.9 Å². The Morgan fingerprint density at radius 3 is 2.70 bits per heavy atom. The molecule has 37 heavy (non-hydrogen) atoms. The lowest BCUT2D eigenvalue weighted by Gasteiger charge is -2.42. The van der Waals surface area contributed by atoms with Gasteiger partial charge in [0.25, 0.3) is 10.0 Å². The highest BCUT2D eigenvalue weighted by Gasteiger charge is 2.33. The maximum Gasteiger partial charge on any atom is 0.263 e. The summed E-state index contributed by atoms with van der Waals surface area (Å²) in [7, 11) is -3.75. The van der Waals surface area contributed by atoms with Gasteiger partial charge in [-0.3, -0.25) is 9.52 Å². The van der Waals surface area contributed by atoms with E-state index in [-0.39, 0.29) is 23.2 Å². The van der Waals surface area contributed by atoms with Gasteiger partial charge in [-0.1, -0.05) is 6.07 Å². The molecule has 1 aliphatic heterocycles. The van der Waals surface area contributed by atoms with Gasteiger partial charge in [-0.15, -0.1) is 11.3 Å². The van der Waals surface area contributed by atoms with Crippen LogP contribution in [0.25, 0.3) is 10.9 Å². The fraction of sp³-hybridized carbons (Fsp3) is 0.280. The Balaban J connectivity index is 1.28. The fourth-order valence-corrected chi connectivity index (χ4v) is 6.46.